The third-order valence-electron chi connectivity index (χ3n) is 3.37. The number of nitrogens with one attached hydrogen (secondary N) is 2. The Bertz CT molecular complexity index is 647. The summed E-state index contributed by atoms with van der Waals surface area (Å²) in [5.74, 6) is 0.0338. The van der Waals surface area contributed by atoms with E-state index in [0.29, 0.717) is 25.1 Å². The fourth-order valence-electron chi connectivity index (χ4n) is 2.17. The van der Waals surface area contributed by atoms with Gasteiger partial charge in [0, 0.05) is 25.6 Å². The van der Waals surface area contributed by atoms with Gasteiger partial charge in [0.1, 0.15) is 0 Å². The van der Waals surface area contributed by atoms with Crippen molar-refractivity contribution in [1.82, 2.24) is 10.6 Å². The monoisotopic (exact) mass is 307 g/mol. The molecule has 1 aromatic carbocycles. The fourth-order valence-corrected chi connectivity index (χ4v) is 3.37. The average molecular weight is 307 g/mol. The molecular weight excluding hydrogens is 290 g/mol. The molecule has 0 bridgehead atoms. The highest BCUT2D eigenvalue weighted by molar-refractivity contribution is 7.91. The van der Waals surface area contributed by atoms with Crippen molar-refractivity contribution in [2.24, 2.45) is 0 Å². The second kappa shape index (κ2) is 6.70. The van der Waals surface area contributed by atoms with Gasteiger partial charge in [0.15, 0.2) is 9.84 Å². The van der Waals surface area contributed by atoms with E-state index in [1.54, 1.807) is 0 Å². The summed E-state index contributed by atoms with van der Waals surface area (Å²) in [4.78, 5) is 11.2. The molecule has 1 saturated heterocycles. The number of benzene rings is 1. The largest absolute Gasteiger partial charge is 0.352 e. The van der Waals surface area contributed by atoms with Crippen LogP contribution >= 0.6 is 0 Å². The molecule has 1 unspecified atom stereocenters. The Hall–Kier alpha value is -1.91. The van der Waals surface area contributed by atoms with Gasteiger partial charge in [0.05, 0.1) is 22.3 Å². The van der Waals surface area contributed by atoms with Gasteiger partial charge in [-0.2, -0.15) is 5.26 Å². The summed E-state index contributed by atoms with van der Waals surface area (Å²) < 4.78 is 24.2. The molecule has 6 nitrogen and oxygen atoms in total. The SMILES string of the molecule is N#Cc1ccc(S(=O)(=O)CCNCC2CCC(=O)N2)cc1. The Labute approximate surface area is 124 Å². The lowest BCUT2D eigenvalue weighted by Gasteiger charge is -2.11. The summed E-state index contributed by atoms with van der Waals surface area (Å²) >= 11 is 0. The van der Waals surface area contributed by atoms with E-state index in [4.69, 9.17) is 5.26 Å². The molecule has 0 radical (unpaired) electrons. The first-order valence-electron chi connectivity index (χ1n) is 6.74. The summed E-state index contributed by atoms with van der Waals surface area (Å²) in [7, 11) is -3.35. The van der Waals surface area contributed by atoms with Crippen molar-refractivity contribution in [1.29, 1.82) is 5.26 Å². The van der Waals surface area contributed by atoms with Crippen LogP contribution in [0.2, 0.25) is 0 Å². The molecule has 1 heterocycles. The highest BCUT2D eigenvalue weighted by Gasteiger charge is 2.20. The van der Waals surface area contributed by atoms with E-state index >= 15 is 0 Å². The van der Waals surface area contributed by atoms with E-state index in [1.807, 2.05) is 6.07 Å². The predicted octanol–water partition coefficient (Wildman–Crippen LogP) is 0.200. The maximum absolute atomic E-state index is 12.1. The van der Waals surface area contributed by atoms with Gasteiger partial charge in [0.2, 0.25) is 5.91 Å². The summed E-state index contributed by atoms with van der Waals surface area (Å²) in [5, 5.41) is 14.6. The number of sulfone groups is 1. The Morgan fingerprint density at radius 3 is 2.62 bits per heavy atom. The standard InChI is InChI=1S/C14H17N3O3S/c15-9-11-1-4-13(5-2-11)21(19,20)8-7-16-10-12-3-6-14(18)17-12/h1-2,4-5,12,16H,3,6-8,10H2,(H,17,18). The topological polar surface area (TPSA) is 99.1 Å². The zero-order chi connectivity index (χ0) is 15.3. The van der Waals surface area contributed by atoms with E-state index in [9.17, 15) is 13.2 Å². The minimum atomic E-state index is -3.35. The first-order chi connectivity index (χ1) is 10.0. The number of hydrogen-bond acceptors (Lipinski definition) is 5. The Balaban J connectivity index is 1.81. The molecule has 1 amide bonds. The van der Waals surface area contributed by atoms with Crippen molar-refractivity contribution in [2.75, 3.05) is 18.8 Å². The molecule has 1 aromatic rings. The Kier molecular flexibility index (Phi) is 4.94. The Morgan fingerprint density at radius 2 is 2.05 bits per heavy atom. The van der Waals surface area contributed by atoms with Gasteiger partial charge in [-0.15, -0.1) is 0 Å². The van der Waals surface area contributed by atoms with Crippen LogP contribution in [-0.4, -0.2) is 39.2 Å². The fraction of sp³-hybridized carbons (Fsp3) is 0.429. The third-order valence-corrected chi connectivity index (χ3v) is 5.10. The molecule has 7 heteroatoms. The highest BCUT2D eigenvalue weighted by Crippen LogP contribution is 2.12. The molecule has 1 aliphatic heterocycles. The first-order valence-corrected chi connectivity index (χ1v) is 8.39. The van der Waals surface area contributed by atoms with Crippen molar-refractivity contribution in [3.05, 3.63) is 29.8 Å². The van der Waals surface area contributed by atoms with E-state index in [0.717, 1.165) is 6.42 Å². The van der Waals surface area contributed by atoms with Crippen LogP contribution in [0.25, 0.3) is 0 Å². The van der Waals surface area contributed by atoms with Crippen LogP contribution in [0.15, 0.2) is 29.2 Å². The van der Waals surface area contributed by atoms with E-state index in [-0.39, 0.29) is 22.6 Å². The smallest absolute Gasteiger partial charge is 0.220 e. The van der Waals surface area contributed by atoms with Crippen LogP contribution in [0.3, 0.4) is 0 Å². The lowest BCUT2D eigenvalue weighted by Crippen LogP contribution is -2.37. The molecule has 0 aromatic heterocycles. The van der Waals surface area contributed by atoms with Gasteiger partial charge in [0.25, 0.3) is 0 Å². The van der Waals surface area contributed by atoms with E-state index < -0.39 is 9.84 Å². The third kappa shape index (κ3) is 4.28. The molecule has 2 N–H and O–H groups in total. The predicted molar refractivity (Wildman–Crippen MR) is 77.2 cm³/mol. The number of nitrogens with zero attached hydrogens (tertiary/aromatic N) is 1. The van der Waals surface area contributed by atoms with Crippen LogP contribution in [-0.2, 0) is 14.6 Å². The average Bonchev–Trinajstić information content (AvgIpc) is 2.89. The maximum atomic E-state index is 12.1. The number of carbonyl (C=O) groups excluding carboxylic acids is 1. The summed E-state index contributed by atoms with van der Waals surface area (Å²) in [6, 6.07) is 7.93. The van der Waals surface area contributed by atoms with Gasteiger partial charge < -0.3 is 10.6 Å². The number of hydrogen-bond donors (Lipinski definition) is 2. The van der Waals surface area contributed by atoms with Crippen LogP contribution in [0.4, 0.5) is 0 Å². The Morgan fingerprint density at radius 1 is 1.33 bits per heavy atom. The molecule has 0 spiro atoms. The number of rotatable bonds is 6. The molecule has 0 aliphatic carbocycles. The lowest BCUT2D eigenvalue weighted by molar-refractivity contribution is -0.119. The van der Waals surface area contributed by atoms with Crippen molar-refractivity contribution in [2.45, 2.75) is 23.8 Å². The zero-order valence-corrected chi connectivity index (χ0v) is 12.3. The van der Waals surface area contributed by atoms with E-state index in [1.165, 1.54) is 24.3 Å². The van der Waals surface area contributed by atoms with Crippen LogP contribution in [0.5, 0.6) is 0 Å². The number of amides is 1. The second-order valence-corrected chi connectivity index (χ2v) is 7.07. The molecule has 112 valence electrons. The summed E-state index contributed by atoms with van der Waals surface area (Å²) in [5.41, 5.74) is 0.434. The van der Waals surface area contributed by atoms with Crippen molar-refractivity contribution < 1.29 is 13.2 Å². The summed E-state index contributed by atoms with van der Waals surface area (Å²) in [6.45, 7) is 0.906. The minimum Gasteiger partial charge on any atom is -0.352 e. The van der Waals surface area contributed by atoms with Crippen molar-refractivity contribution >= 4 is 15.7 Å². The van der Waals surface area contributed by atoms with Gasteiger partial charge in [-0.05, 0) is 30.7 Å². The van der Waals surface area contributed by atoms with Gasteiger partial charge >= 0.3 is 0 Å². The molecule has 2 rings (SSSR count). The van der Waals surface area contributed by atoms with Crippen LogP contribution < -0.4 is 10.6 Å². The van der Waals surface area contributed by atoms with Gasteiger partial charge in [-0.1, -0.05) is 0 Å². The minimum absolute atomic E-state index is 0.0143. The highest BCUT2D eigenvalue weighted by atomic mass is 32.2. The zero-order valence-electron chi connectivity index (χ0n) is 11.5. The van der Waals surface area contributed by atoms with Crippen LogP contribution in [0.1, 0.15) is 18.4 Å². The van der Waals surface area contributed by atoms with E-state index in [2.05, 4.69) is 10.6 Å². The first kappa shape index (κ1) is 15.5. The quantitative estimate of drug-likeness (QED) is 0.731. The molecular formula is C14H17N3O3S. The van der Waals surface area contributed by atoms with Gasteiger partial charge in [-0.25, -0.2) is 8.42 Å². The lowest BCUT2D eigenvalue weighted by atomic mass is 10.2. The normalized spacial score (nSPS) is 18.2. The maximum Gasteiger partial charge on any atom is 0.220 e. The molecule has 1 aliphatic rings. The van der Waals surface area contributed by atoms with Crippen molar-refractivity contribution in [3.8, 4) is 6.07 Å². The molecule has 1 fully saturated rings. The van der Waals surface area contributed by atoms with Crippen LogP contribution in [0, 0.1) is 11.3 Å². The molecule has 1 atom stereocenters. The molecule has 21 heavy (non-hydrogen) atoms. The van der Waals surface area contributed by atoms with Crippen molar-refractivity contribution in [3.63, 3.8) is 0 Å². The van der Waals surface area contributed by atoms with Gasteiger partial charge in [-0.3, -0.25) is 4.79 Å². The molecule has 0 saturated carbocycles. The second-order valence-electron chi connectivity index (χ2n) is 4.96. The summed E-state index contributed by atoms with van der Waals surface area (Å²) in [6.07, 6.45) is 1.32. The number of carbonyl (C=O) groups is 1. The number of nitriles is 1.